The summed E-state index contributed by atoms with van der Waals surface area (Å²) in [5.74, 6) is 0.160. The Morgan fingerprint density at radius 1 is 1.24 bits per heavy atom. The summed E-state index contributed by atoms with van der Waals surface area (Å²) in [7, 11) is 3.43. The highest BCUT2D eigenvalue weighted by molar-refractivity contribution is 6.08. The van der Waals surface area contributed by atoms with E-state index in [1.807, 2.05) is 12.1 Å². The standard InChI is InChI=1S/C26H25N5O2/c1-29-20-11-16(15-27)10-19(12-20)17-4-5-18-14-25(8-6-21(33-3)7-9-25)26(22(18)13-17)23(32)31(2)24(28)30-26/h4-5,10-13,21H,6-9,14H2,2-3H3,(H2,28,30). The number of ether oxygens (including phenoxy) is 1. The molecule has 5 rings (SSSR count). The first-order valence-electron chi connectivity index (χ1n) is 11.1. The molecule has 166 valence electrons. The highest BCUT2D eigenvalue weighted by Gasteiger charge is 2.66. The minimum Gasteiger partial charge on any atom is -0.381 e. The molecule has 2 N–H and O–H groups in total. The van der Waals surface area contributed by atoms with Gasteiger partial charge in [0.05, 0.1) is 18.7 Å². The molecule has 2 spiro atoms. The van der Waals surface area contributed by atoms with Crippen LogP contribution in [0.5, 0.6) is 0 Å². The van der Waals surface area contributed by atoms with E-state index in [4.69, 9.17) is 22.0 Å². The Morgan fingerprint density at radius 3 is 2.61 bits per heavy atom. The number of fused-ring (bicyclic) bond motifs is 3. The van der Waals surface area contributed by atoms with Crippen LogP contribution in [0.1, 0.15) is 42.4 Å². The van der Waals surface area contributed by atoms with Crippen LogP contribution < -0.4 is 5.73 Å². The molecule has 33 heavy (non-hydrogen) atoms. The van der Waals surface area contributed by atoms with E-state index >= 15 is 0 Å². The van der Waals surface area contributed by atoms with Crippen molar-refractivity contribution in [2.24, 2.45) is 16.1 Å². The van der Waals surface area contributed by atoms with Gasteiger partial charge in [-0.3, -0.25) is 9.69 Å². The third kappa shape index (κ3) is 2.90. The molecular weight excluding hydrogens is 414 g/mol. The first-order chi connectivity index (χ1) is 15.9. The zero-order valence-corrected chi connectivity index (χ0v) is 18.8. The summed E-state index contributed by atoms with van der Waals surface area (Å²) in [5.41, 5.74) is 9.29. The summed E-state index contributed by atoms with van der Waals surface area (Å²) in [5, 5.41) is 9.41. The molecule has 2 aliphatic carbocycles. The predicted octanol–water partition coefficient (Wildman–Crippen LogP) is 3.89. The van der Waals surface area contributed by atoms with Crippen molar-refractivity contribution in [2.75, 3.05) is 14.2 Å². The quantitative estimate of drug-likeness (QED) is 0.718. The molecular formula is C26H25N5O2. The predicted molar refractivity (Wildman–Crippen MR) is 124 cm³/mol. The summed E-state index contributed by atoms with van der Waals surface area (Å²) in [4.78, 5) is 23.7. The number of nitriles is 1. The molecule has 0 saturated heterocycles. The van der Waals surface area contributed by atoms with Gasteiger partial charge >= 0.3 is 0 Å². The number of rotatable bonds is 2. The van der Waals surface area contributed by atoms with Crippen molar-refractivity contribution < 1.29 is 9.53 Å². The lowest BCUT2D eigenvalue weighted by Gasteiger charge is -2.45. The van der Waals surface area contributed by atoms with Gasteiger partial charge in [-0.05, 0) is 78.6 Å². The number of carbonyl (C=O) groups excluding carboxylic acids is 1. The van der Waals surface area contributed by atoms with Crippen molar-refractivity contribution in [2.45, 2.75) is 43.7 Å². The highest BCUT2D eigenvalue weighted by Crippen LogP contribution is 2.62. The van der Waals surface area contributed by atoms with Gasteiger partial charge < -0.3 is 10.5 Å². The summed E-state index contributed by atoms with van der Waals surface area (Å²) in [6.45, 7) is 7.38. The molecule has 1 amide bonds. The fourth-order valence-corrected chi connectivity index (χ4v) is 6.01. The molecule has 1 heterocycles. The van der Waals surface area contributed by atoms with E-state index in [9.17, 15) is 10.1 Å². The normalized spacial score (nSPS) is 28.0. The Hall–Kier alpha value is -3.68. The van der Waals surface area contributed by atoms with Crippen LogP contribution in [0, 0.1) is 23.3 Å². The summed E-state index contributed by atoms with van der Waals surface area (Å²) in [6, 6.07) is 13.4. The van der Waals surface area contributed by atoms with E-state index in [1.54, 1.807) is 32.4 Å². The second-order valence-corrected chi connectivity index (χ2v) is 9.30. The van der Waals surface area contributed by atoms with Crippen molar-refractivity contribution in [3.63, 3.8) is 0 Å². The van der Waals surface area contributed by atoms with Crippen molar-refractivity contribution in [3.8, 4) is 17.2 Å². The average molecular weight is 440 g/mol. The zero-order valence-electron chi connectivity index (χ0n) is 18.8. The number of hydrogen-bond donors (Lipinski definition) is 1. The third-order valence-electron chi connectivity index (χ3n) is 7.77. The average Bonchev–Trinajstić information content (AvgIpc) is 3.24. The molecule has 3 aliphatic rings. The molecule has 7 nitrogen and oxygen atoms in total. The fourth-order valence-electron chi connectivity index (χ4n) is 6.01. The molecule has 0 aromatic heterocycles. The number of hydrogen-bond acceptors (Lipinski definition) is 5. The van der Waals surface area contributed by atoms with Gasteiger partial charge in [0.2, 0.25) is 0 Å². The zero-order chi connectivity index (χ0) is 23.4. The van der Waals surface area contributed by atoms with E-state index < -0.39 is 5.54 Å². The number of nitrogens with zero attached hydrogens (tertiary/aromatic N) is 4. The summed E-state index contributed by atoms with van der Waals surface area (Å²) in [6.07, 6.45) is 4.38. The Kier molecular flexibility index (Phi) is 4.77. The van der Waals surface area contributed by atoms with E-state index in [2.05, 4.69) is 17.0 Å². The molecule has 0 radical (unpaired) electrons. The van der Waals surface area contributed by atoms with Gasteiger partial charge in [0.1, 0.15) is 0 Å². The summed E-state index contributed by atoms with van der Waals surface area (Å²) >= 11 is 0. The van der Waals surface area contributed by atoms with Crippen LogP contribution in [0.4, 0.5) is 5.69 Å². The van der Waals surface area contributed by atoms with E-state index in [0.717, 1.165) is 54.4 Å². The Bertz CT molecular complexity index is 1240. The molecule has 1 fully saturated rings. The van der Waals surface area contributed by atoms with Crippen molar-refractivity contribution in [3.05, 3.63) is 64.5 Å². The fraction of sp³-hybridized carbons (Fsp3) is 0.385. The SMILES string of the molecule is [C-]#[N+]c1cc(C#N)cc(-c2ccc3c(c2)C2(N=C(N)N(C)C2=O)C2(CCC(OC)CC2)C3)c1. The summed E-state index contributed by atoms with van der Waals surface area (Å²) < 4.78 is 5.61. The molecule has 2 aromatic carbocycles. The van der Waals surface area contributed by atoms with Gasteiger partial charge in [0.25, 0.3) is 5.91 Å². The molecule has 2 aromatic rings. The van der Waals surface area contributed by atoms with E-state index in [1.165, 1.54) is 4.90 Å². The number of likely N-dealkylation sites (N-methyl/N-ethyl adjacent to an activating group) is 1. The maximum atomic E-state index is 13.8. The van der Waals surface area contributed by atoms with Crippen LogP contribution in [-0.2, 0) is 21.5 Å². The maximum absolute atomic E-state index is 13.8. The lowest BCUT2D eigenvalue weighted by molar-refractivity contribution is -0.137. The second kappa shape index (κ2) is 7.43. The van der Waals surface area contributed by atoms with E-state index in [0.29, 0.717) is 11.3 Å². The monoisotopic (exact) mass is 439 g/mol. The molecule has 0 bridgehead atoms. The Balaban J connectivity index is 1.68. The Morgan fingerprint density at radius 2 is 2.00 bits per heavy atom. The maximum Gasteiger partial charge on any atom is 0.262 e. The molecule has 1 aliphatic heterocycles. The van der Waals surface area contributed by atoms with Crippen LogP contribution in [0.25, 0.3) is 16.0 Å². The minimum atomic E-state index is -1.05. The smallest absolute Gasteiger partial charge is 0.262 e. The van der Waals surface area contributed by atoms with Crippen LogP contribution in [0.3, 0.4) is 0 Å². The lowest BCUT2D eigenvalue weighted by Crippen LogP contribution is -2.51. The number of methoxy groups -OCH3 is 1. The van der Waals surface area contributed by atoms with Gasteiger partial charge in [-0.2, -0.15) is 5.26 Å². The molecule has 1 unspecified atom stereocenters. The second-order valence-electron chi connectivity index (χ2n) is 9.30. The first kappa shape index (κ1) is 21.2. The minimum absolute atomic E-state index is 0.0839. The van der Waals surface area contributed by atoms with Crippen molar-refractivity contribution >= 4 is 17.6 Å². The van der Waals surface area contributed by atoms with Crippen LogP contribution in [-0.4, -0.2) is 37.0 Å². The number of carbonyl (C=O) groups is 1. The molecule has 1 atom stereocenters. The number of aliphatic imine (C=N–C) groups is 1. The largest absolute Gasteiger partial charge is 0.381 e. The molecule has 1 saturated carbocycles. The number of amides is 1. The number of nitrogens with two attached hydrogens (primary N) is 1. The van der Waals surface area contributed by atoms with Gasteiger partial charge in [0, 0.05) is 25.1 Å². The van der Waals surface area contributed by atoms with Gasteiger partial charge in [-0.1, -0.05) is 12.1 Å². The van der Waals surface area contributed by atoms with Crippen LogP contribution in [0.15, 0.2) is 41.4 Å². The highest BCUT2D eigenvalue weighted by atomic mass is 16.5. The van der Waals surface area contributed by atoms with Gasteiger partial charge in [-0.15, -0.1) is 0 Å². The first-order valence-corrected chi connectivity index (χ1v) is 11.1. The van der Waals surface area contributed by atoms with Crippen LogP contribution >= 0.6 is 0 Å². The number of benzene rings is 2. The van der Waals surface area contributed by atoms with E-state index in [-0.39, 0.29) is 23.4 Å². The number of guanidine groups is 1. The van der Waals surface area contributed by atoms with Crippen LogP contribution in [0.2, 0.25) is 0 Å². The van der Waals surface area contributed by atoms with Gasteiger partial charge in [0.15, 0.2) is 17.2 Å². The van der Waals surface area contributed by atoms with Crippen molar-refractivity contribution in [1.82, 2.24) is 4.90 Å². The van der Waals surface area contributed by atoms with Crippen molar-refractivity contribution in [1.29, 1.82) is 5.26 Å². The topological polar surface area (TPSA) is 96.1 Å². The van der Waals surface area contributed by atoms with Gasteiger partial charge in [-0.25, -0.2) is 9.84 Å². The Labute approximate surface area is 193 Å². The lowest BCUT2D eigenvalue weighted by atomic mass is 9.61. The third-order valence-corrected chi connectivity index (χ3v) is 7.77. The molecule has 7 heteroatoms.